The van der Waals surface area contributed by atoms with Crippen LogP contribution in [0.4, 0.5) is 0 Å². The van der Waals surface area contributed by atoms with Crippen LogP contribution in [-0.4, -0.2) is 38.3 Å². The first-order chi connectivity index (χ1) is 10.3. The van der Waals surface area contributed by atoms with E-state index in [4.69, 9.17) is 16.9 Å². The number of nitrogens with zero attached hydrogens (tertiary/aromatic N) is 1. The topological polar surface area (TPSA) is 12.4 Å². The Labute approximate surface area is 153 Å². The van der Waals surface area contributed by atoms with Gasteiger partial charge in [0.05, 0.1) is 0 Å². The van der Waals surface area contributed by atoms with Gasteiger partial charge in [0.25, 0.3) is 0 Å². The molecule has 0 saturated carbocycles. The van der Waals surface area contributed by atoms with Gasteiger partial charge in [0.2, 0.25) is 8.96 Å². The Morgan fingerprint density at radius 3 is 1.52 bits per heavy atom. The Bertz CT molecular complexity index is 539. The predicted molar refractivity (Wildman–Crippen MR) is 120 cm³/mol. The third-order valence-electron chi connectivity index (χ3n) is 4.93. The minimum absolute atomic E-state index is 0.408. The fraction of sp³-hybridized carbons (Fsp3) is 0.588. The molecule has 0 heterocycles. The second-order valence-electron chi connectivity index (χ2n) is 9.42. The lowest BCUT2D eigenvalue weighted by Crippen LogP contribution is -2.74. The minimum Gasteiger partial charge on any atom is -0.269 e. The Hall–Kier alpha value is -0.112. The maximum atomic E-state index is 5.12. The van der Waals surface area contributed by atoms with Crippen LogP contribution >= 0.6 is 12.2 Å². The Balaban J connectivity index is 3.90. The quantitative estimate of drug-likeness (QED) is 0.359. The molecule has 6 heteroatoms. The molecule has 0 atom stereocenters. The van der Waals surface area contributed by atoms with Crippen molar-refractivity contribution in [1.29, 1.82) is 0 Å². The lowest BCUT2D eigenvalue weighted by molar-refractivity contribution is 1.20. The van der Waals surface area contributed by atoms with Crippen LogP contribution in [0.25, 0.3) is 0 Å². The van der Waals surface area contributed by atoms with Crippen LogP contribution in [-0.2, 0) is 0 Å². The summed E-state index contributed by atoms with van der Waals surface area (Å²) in [5, 5.41) is 4.23. The van der Waals surface area contributed by atoms with E-state index < -0.39 is 33.2 Å². The number of hydrogen-bond donors (Lipinski definition) is 0. The third-order valence-corrected chi connectivity index (χ3v) is 36.2. The zero-order valence-corrected chi connectivity index (χ0v) is 21.1. The van der Waals surface area contributed by atoms with E-state index in [1.807, 2.05) is 0 Å². The smallest absolute Gasteiger partial charge is 0.243 e. The Kier molecular flexibility index (Phi) is 6.39. The summed E-state index contributed by atoms with van der Waals surface area (Å²) < 4.78 is 5.34. The van der Waals surface area contributed by atoms with Crippen LogP contribution in [0.3, 0.4) is 0 Å². The minimum atomic E-state index is -1.50. The van der Waals surface area contributed by atoms with Gasteiger partial charge in [-0.15, -0.1) is 0 Å². The molecule has 1 rings (SSSR count). The molecule has 1 aromatic rings. The standard InChI is InChI=1S/C17H32NSSi4/c1-21(2,3)17(22(4,5)6,23(7,8)9)20(18-15-19)16-13-11-10-12-14-16/h10-14H,1-9H3. The number of benzene rings is 1. The number of thiocarbonyl (C=S) groups is 1. The van der Waals surface area contributed by atoms with Crippen molar-refractivity contribution in [3.63, 3.8) is 0 Å². The molecule has 0 bridgehead atoms. The summed E-state index contributed by atoms with van der Waals surface area (Å²) in [6.45, 7) is 23.1. The lowest BCUT2D eigenvalue weighted by atomic mass is 10.4. The van der Waals surface area contributed by atoms with Crippen LogP contribution in [0.1, 0.15) is 0 Å². The van der Waals surface area contributed by atoms with Gasteiger partial charge < -0.3 is 0 Å². The fourth-order valence-corrected chi connectivity index (χ4v) is 44.4. The zero-order chi connectivity index (χ0) is 18.1. The molecule has 0 aliphatic heterocycles. The SMILES string of the molecule is C[Si](C)(C)C([Si](N=C=S)c1ccccc1)([Si](C)(C)C)[Si](C)(C)C. The molecule has 0 saturated heterocycles. The first-order valence-electron chi connectivity index (χ1n) is 8.31. The van der Waals surface area contributed by atoms with Gasteiger partial charge >= 0.3 is 0 Å². The molecule has 1 aromatic carbocycles. The van der Waals surface area contributed by atoms with Gasteiger partial charge in [0, 0.05) is 29.4 Å². The van der Waals surface area contributed by atoms with Crippen molar-refractivity contribution in [2.75, 3.05) is 0 Å². The molecule has 0 amide bonds. The Morgan fingerprint density at radius 1 is 0.826 bits per heavy atom. The maximum absolute atomic E-state index is 5.12. The van der Waals surface area contributed by atoms with E-state index in [0.717, 1.165) is 0 Å². The average Bonchev–Trinajstić information content (AvgIpc) is 2.34. The lowest BCUT2D eigenvalue weighted by Gasteiger charge is -2.60. The number of isothiocyanates is 1. The zero-order valence-electron chi connectivity index (χ0n) is 16.2. The second kappa shape index (κ2) is 7.02. The van der Waals surface area contributed by atoms with E-state index in [1.165, 1.54) is 5.19 Å². The highest BCUT2D eigenvalue weighted by molar-refractivity contribution is 7.78. The molecule has 1 radical (unpaired) electrons. The molecule has 0 aromatic heterocycles. The van der Waals surface area contributed by atoms with E-state index in [-0.39, 0.29) is 0 Å². The van der Waals surface area contributed by atoms with Crippen molar-refractivity contribution < 1.29 is 0 Å². The monoisotopic (exact) mass is 394 g/mol. The third kappa shape index (κ3) is 3.77. The molecular formula is C17H32NSSi4. The molecule has 23 heavy (non-hydrogen) atoms. The first kappa shape index (κ1) is 20.9. The molecule has 0 aliphatic carbocycles. The molecule has 0 spiro atoms. The highest BCUT2D eigenvalue weighted by Crippen LogP contribution is 2.55. The van der Waals surface area contributed by atoms with Gasteiger partial charge in [0.1, 0.15) is 0 Å². The summed E-state index contributed by atoms with van der Waals surface area (Å²) in [5.41, 5.74) is 0. The highest BCUT2D eigenvalue weighted by Gasteiger charge is 2.65. The summed E-state index contributed by atoms with van der Waals surface area (Å²) in [6.07, 6.45) is 0. The largest absolute Gasteiger partial charge is 0.269 e. The van der Waals surface area contributed by atoms with Crippen LogP contribution < -0.4 is 5.19 Å². The van der Waals surface area contributed by atoms with Gasteiger partial charge in [-0.05, 0) is 21.3 Å². The van der Waals surface area contributed by atoms with Crippen molar-refractivity contribution >= 4 is 55.7 Å². The normalized spacial score (nSPS) is 13.8. The Morgan fingerprint density at radius 2 is 1.22 bits per heavy atom. The number of rotatable bonds is 6. The summed E-state index contributed by atoms with van der Waals surface area (Å²) >= 11 is 5.12. The summed E-state index contributed by atoms with van der Waals surface area (Å²) in [6, 6.07) is 11.0. The summed E-state index contributed by atoms with van der Waals surface area (Å²) in [4.78, 5) is 0. The van der Waals surface area contributed by atoms with Crippen LogP contribution in [0, 0.1) is 0 Å². The van der Waals surface area contributed by atoms with Gasteiger partial charge in [-0.3, -0.25) is 4.66 Å². The highest BCUT2D eigenvalue weighted by atomic mass is 32.1. The van der Waals surface area contributed by atoms with Crippen molar-refractivity contribution in [3.05, 3.63) is 30.3 Å². The van der Waals surface area contributed by atoms with E-state index in [1.54, 1.807) is 0 Å². The average molecular weight is 395 g/mol. The van der Waals surface area contributed by atoms with Crippen molar-refractivity contribution in [2.24, 2.45) is 4.66 Å². The number of hydrogen-bond acceptors (Lipinski definition) is 2. The van der Waals surface area contributed by atoms with Crippen molar-refractivity contribution in [3.8, 4) is 0 Å². The molecule has 127 valence electrons. The molecular weight excluding hydrogens is 363 g/mol. The maximum Gasteiger partial charge on any atom is 0.243 e. The van der Waals surface area contributed by atoms with Gasteiger partial charge in [-0.25, -0.2) is 0 Å². The molecule has 0 N–H and O–H groups in total. The summed E-state index contributed by atoms with van der Waals surface area (Å²) in [5.74, 6) is 0. The van der Waals surface area contributed by atoms with Crippen molar-refractivity contribution in [2.45, 2.75) is 62.8 Å². The molecule has 0 fully saturated rings. The first-order valence-corrected chi connectivity index (χ1v) is 20.7. The van der Waals surface area contributed by atoms with Crippen molar-refractivity contribution in [1.82, 2.24) is 0 Å². The van der Waals surface area contributed by atoms with E-state index >= 15 is 0 Å². The molecule has 0 aliphatic rings. The molecule has 0 unspecified atom stereocenters. The van der Waals surface area contributed by atoms with Crippen LogP contribution in [0.2, 0.25) is 62.8 Å². The fourth-order valence-electron chi connectivity index (χ4n) is 5.45. The predicted octanol–water partition coefficient (Wildman–Crippen LogP) is 5.36. The van der Waals surface area contributed by atoms with E-state index in [0.29, 0.717) is 3.91 Å². The van der Waals surface area contributed by atoms with Crippen LogP contribution in [0.15, 0.2) is 35.0 Å². The van der Waals surface area contributed by atoms with E-state index in [9.17, 15) is 0 Å². The van der Waals surface area contributed by atoms with Gasteiger partial charge in [0.15, 0.2) is 0 Å². The van der Waals surface area contributed by atoms with E-state index in [2.05, 4.69) is 94.4 Å². The molecule has 1 nitrogen and oxygen atoms in total. The van der Waals surface area contributed by atoms with Gasteiger partial charge in [-0.2, -0.15) is 0 Å². The summed E-state index contributed by atoms with van der Waals surface area (Å²) in [7, 11) is -5.65. The second-order valence-corrected chi connectivity index (χ2v) is 30.6. The van der Waals surface area contributed by atoms with Gasteiger partial charge in [-0.1, -0.05) is 89.3 Å². The van der Waals surface area contributed by atoms with Crippen LogP contribution in [0.5, 0.6) is 0 Å².